The van der Waals surface area contributed by atoms with Crippen LogP contribution in [0.4, 0.5) is 0 Å². The number of allylic oxidation sites excluding steroid dienone is 1. The van der Waals surface area contributed by atoms with E-state index in [4.69, 9.17) is 14.2 Å². The minimum Gasteiger partial charge on any atom is -0.381 e. The number of hydrogen-bond acceptors (Lipinski definition) is 4. The second kappa shape index (κ2) is 3.72. The van der Waals surface area contributed by atoms with Crippen molar-refractivity contribution < 1.29 is 19.3 Å². The summed E-state index contributed by atoms with van der Waals surface area (Å²) in [5.41, 5.74) is -0.135. The van der Waals surface area contributed by atoms with Crippen LogP contribution >= 0.6 is 0 Å². The van der Waals surface area contributed by atoms with Crippen molar-refractivity contribution in [1.29, 1.82) is 0 Å². The van der Waals surface area contributed by atoms with Gasteiger partial charge in [-0.1, -0.05) is 12.2 Å². The van der Waals surface area contributed by atoms with Crippen LogP contribution in [0.5, 0.6) is 0 Å². The first-order valence-electron chi connectivity index (χ1n) is 5.00. The van der Waals surface area contributed by atoms with Gasteiger partial charge in [-0.25, -0.2) is 0 Å². The van der Waals surface area contributed by atoms with Crippen LogP contribution in [-0.4, -0.2) is 37.0 Å². The smallest absolute Gasteiger partial charge is 0.314 e. The monoisotopic (exact) mass is 212 g/mol. The normalized spacial score (nSPS) is 41.1. The van der Waals surface area contributed by atoms with Crippen molar-refractivity contribution in [2.75, 3.05) is 19.8 Å². The molecule has 3 heterocycles. The first kappa shape index (κ1) is 10.8. The van der Waals surface area contributed by atoms with Gasteiger partial charge in [0.05, 0.1) is 19.8 Å². The molecule has 0 saturated carbocycles. The molecule has 0 spiro atoms. The van der Waals surface area contributed by atoms with Gasteiger partial charge in [0.2, 0.25) is 0 Å². The molecule has 3 rings (SSSR count). The summed E-state index contributed by atoms with van der Waals surface area (Å²) in [5, 5.41) is 9.66. The number of hydrogen-bond donors (Lipinski definition) is 1. The van der Waals surface area contributed by atoms with Crippen LogP contribution in [0.1, 0.15) is 6.42 Å². The summed E-state index contributed by atoms with van der Waals surface area (Å²) in [6, 6.07) is 0. The summed E-state index contributed by atoms with van der Waals surface area (Å²) in [4.78, 5) is 0. The van der Waals surface area contributed by atoms with Gasteiger partial charge in [-0.3, -0.25) is 0 Å². The second-order valence-electron chi connectivity index (χ2n) is 4.14. The molecule has 4 nitrogen and oxygen atoms in total. The summed E-state index contributed by atoms with van der Waals surface area (Å²) in [5.74, 6) is -1.33. The first-order valence-corrected chi connectivity index (χ1v) is 5.00. The highest BCUT2D eigenvalue weighted by atomic mass is 16.9. The molecule has 3 aliphatic heterocycles. The van der Waals surface area contributed by atoms with Gasteiger partial charge in [0.25, 0.3) is 0 Å². The summed E-state index contributed by atoms with van der Waals surface area (Å²) < 4.78 is 16.4. The van der Waals surface area contributed by atoms with E-state index in [0.717, 1.165) is 6.42 Å². The lowest BCUT2D eigenvalue weighted by Gasteiger charge is -2.52. The quantitative estimate of drug-likeness (QED) is 0.701. The Labute approximate surface area is 89.1 Å². The fraction of sp³-hybridized carbons (Fsp3) is 0.636. The molecule has 15 heavy (non-hydrogen) atoms. The second-order valence-corrected chi connectivity index (χ2v) is 4.14. The predicted molar refractivity (Wildman–Crippen MR) is 54.0 cm³/mol. The molecule has 0 radical (unpaired) electrons. The van der Waals surface area contributed by atoms with Gasteiger partial charge in [-0.05, 0) is 6.42 Å². The molecule has 0 aliphatic carbocycles. The highest BCUT2D eigenvalue weighted by Crippen LogP contribution is 2.42. The van der Waals surface area contributed by atoms with Crippen molar-refractivity contribution in [3.63, 3.8) is 0 Å². The zero-order valence-electron chi connectivity index (χ0n) is 8.65. The molecule has 84 valence electrons. The van der Waals surface area contributed by atoms with Gasteiger partial charge in [-0.15, -0.1) is 13.2 Å². The third kappa shape index (κ3) is 1.63. The average Bonchev–Trinajstić information content (AvgIpc) is 2.30. The van der Waals surface area contributed by atoms with Crippen molar-refractivity contribution in [3.05, 3.63) is 25.3 Å². The van der Waals surface area contributed by atoms with Crippen LogP contribution in [0.15, 0.2) is 25.3 Å². The highest BCUT2D eigenvalue weighted by Gasteiger charge is 2.55. The van der Waals surface area contributed by atoms with Crippen LogP contribution in [0.25, 0.3) is 0 Å². The molecule has 4 heteroatoms. The predicted octanol–water partition coefficient (Wildman–Crippen LogP) is 0.827. The average molecular weight is 212 g/mol. The Morgan fingerprint density at radius 1 is 1.20 bits per heavy atom. The van der Waals surface area contributed by atoms with Crippen molar-refractivity contribution >= 4 is 0 Å². The van der Waals surface area contributed by atoms with Gasteiger partial charge in [0, 0.05) is 5.41 Å². The maximum absolute atomic E-state index is 9.66. The Bertz CT molecular complexity index is 249. The fourth-order valence-corrected chi connectivity index (χ4v) is 1.89. The largest absolute Gasteiger partial charge is 0.381 e. The molecule has 0 aromatic carbocycles. The van der Waals surface area contributed by atoms with E-state index in [2.05, 4.69) is 13.2 Å². The van der Waals surface area contributed by atoms with Crippen molar-refractivity contribution in [2.24, 2.45) is 5.41 Å². The van der Waals surface area contributed by atoms with Crippen molar-refractivity contribution in [2.45, 2.75) is 18.5 Å². The molecule has 2 bridgehead atoms. The fourth-order valence-electron chi connectivity index (χ4n) is 1.89. The first-order chi connectivity index (χ1) is 7.16. The summed E-state index contributed by atoms with van der Waals surface area (Å²) in [7, 11) is 0. The van der Waals surface area contributed by atoms with E-state index in [0.29, 0.717) is 19.8 Å². The van der Waals surface area contributed by atoms with Crippen LogP contribution in [0, 0.1) is 5.41 Å². The molecule has 0 amide bonds. The van der Waals surface area contributed by atoms with Crippen LogP contribution in [0.2, 0.25) is 0 Å². The third-order valence-electron chi connectivity index (χ3n) is 2.90. The minimum absolute atomic E-state index is 0.135. The van der Waals surface area contributed by atoms with Gasteiger partial charge in [-0.2, -0.15) is 0 Å². The Kier molecular flexibility index (Phi) is 2.68. The molecule has 3 saturated heterocycles. The lowest BCUT2D eigenvalue weighted by atomic mass is 9.85. The summed E-state index contributed by atoms with van der Waals surface area (Å²) >= 11 is 0. The Morgan fingerprint density at radius 3 is 2.13 bits per heavy atom. The number of fused-ring (bicyclic) bond motifs is 3. The molecular formula is C11H16O4. The molecule has 1 atom stereocenters. The van der Waals surface area contributed by atoms with E-state index in [1.807, 2.05) is 6.08 Å². The van der Waals surface area contributed by atoms with Gasteiger partial charge in [0.15, 0.2) is 6.10 Å². The van der Waals surface area contributed by atoms with Crippen LogP contribution < -0.4 is 0 Å². The number of ether oxygens (including phenoxy) is 3. The summed E-state index contributed by atoms with van der Waals surface area (Å²) in [6.07, 6.45) is 3.01. The molecule has 3 fully saturated rings. The molecule has 0 aromatic heterocycles. The zero-order valence-corrected chi connectivity index (χ0v) is 8.65. The lowest BCUT2D eigenvalue weighted by Crippen LogP contribution is -2.64. The topological polar surface area (TPSA) is 47.9 Å². The SMILES string of the molecule is C=CCC12COC(C(O)C=C)(OC1)OC2. The Morgan fingerprint density at radius 2 is 1.73 bits per heavy atom. The number of aliphatic hydroxyl groups is 1. The molecule has 0 aromatic rings. The standard InChI is InChI=1S/C11H16O4/c1-3-5-10-6-13-11(14-7-10,15-8-10)9(12)4-2/h3-4,9,12H,1-2,5-8H2. The van der Waals surface area contributed by atoms with E-state index in [-0.39, 0.29) is 5.41 Å². The van der Waals surface area contributed by atoms with E-state index < -0.39 is 12.1 Å². The maximum atomic E-state index is 9.66. The number of aliphatic hydroxyl groups excluding tert-OH is 1. The Balaban J connectivity index is 2.09. The number of rotatable bonds is 4. The molecular weight excluding hydrogens is 196 g/mol. The minimum atomic E-state index is -1.33. The van der Waals surface area contributed by atoms with Crippen LogP contribution in [-0.2, 0) is 14.2 Å². The molecule has 1 unspecified atom stereocenters. The maximum Gasteiger partial charge on any atom is 0.314 e. The zero-order chi connectivity index (χ0) is 10.9. The van der Waals surface area contributed by atoms with E-state index in [1.54, 1.807) is 0 Å². The van der Waals surface area contributed by atoms with Gasteiger partial charge < -0.3 is 19.3 Å². The Hall–Kier alpha value is -0.680. The lowest BCUT2D eigenvalue weighted by molar-refractivity contribution is -0.485. The van der Waals surface area contributed by atoms with E-state index in [9.17, 15) is 5.11 Å². The van der Waals surface area contributed by atoms with Crippen molar-refractivity contribution in [1.82, 2.24) is 0 Å². The van der Waals surface area contributed by atoms with Crippen LogP contribution in [0.3, 0.4) is 0 Å². The summed E-state index contributed by atoms with van der Waals surface area (Å²) in [6.45, 7) is 8.75. The van der Waals surface area contributed by atoms with E-state index >= 15 is 0 Å². The van der Waals surface area contributed by atoms with Gasteiger partial charge >= 0.3 is 5.97 Å². The van der Waals surface area contributed by atoms with Gasteiger partial charge in [0.1, 0.15) is 0 Å². The molecule has 1 N–H and O–H groups in total. The third-order valence-corrected chi connectivity index (χ3v) is 2.90. The molecule has 3 aliphatic rings. The highest BCUT2D eigenvalue weighted by molar-refractivity contribution is 4.97. The van der Waals surface area contributed by atoms with E-state index in [1.165, 1.54) is 6.08 Å². The van der Waals surface area contributed by atoms with Crippen molar-refractivity contribution in [3.8, 4) is 0 Å².